The van der Waals surface area contributed by atoms with Crippen molar-refractivity contribution in [2.75, 3.05) is 0 Å². The third kappa shape index (κ3) is 2.14. The van der Waals surface area contributed by atoms with E-state index in [2.05, 4.69) is 34.5 Å². The predicted octanol–water partition coefficient (Wildman–Crippen LogP) is 1.65. The number of aromatic amines is 1. The summed E-state index contributed by atoms with van der Waals surface area (Å²) in [6.45, 7) is 2.78. The van der Waals surface area contributed by atoms with Gasteiger partial charge in [0.15, 0.2) is 0 Å². The van der Waals surface area contributed by atoms with Crippen LogP contribution in [0.25, 0.3) is 5.65 Å². The van der Waals surface area contributed by atoms with Gasteiger partial charge in [-0.15, -0.1) is 0 Å². The van der Waals surface area contributed by atoms with E-state index in [0.717, 1.165) is 35.3 Å². The number of rotatable bonds is 2. The van der Waals surface area contributed by atoms with E-state index in [0.29, 0.717) is 12.6 Å². The Morgan fingerprint density at radius 1 is 1.32 bits per heavy atom. The molecule has 0 aliphatic carbocycles. The highest BCUT2D eigenvalue weighted by atomic mass is 16.1. The van der Waals surface area contributed by atoms with E-state index in [9.17, 15) is 4.79 Å². The number of benzene rings is 1. The van der Waals surface area contributed by atoms with Crippen LogP contribution in [0.4, 0.5) is 0 Å². The summed E-state index contributed by atoms with van der Waals surface area (Å²) in [5, 5.41) is 7.90. The van der Waals surface area contributed by atoms with Crippen molar-refractivity contribution in [3.05, 3.63) is 69.3 Å². The van der Waals surface area contributed by atoms with Crippen molar-refractivity contribution in [1.82, 2.24) is 19.9 Å². The molecule has 0 saturated heterocycles. The van der Waals surface area contributed by atoms with Crippen molar-refractivity contribution in [2.45, 2.75) is 32.4 Å². The van der Waals surface area contributed by atoms with Crippen molar-refractivity contribution < 1.29 is 0 Å². The summed E-state index contributed by atoms with van der Waals surface area (Å²) in [4.78, 5) is 15.4. The minimum Gasteiger partial charge on any atom is -0.308 e. The molecule has 5 nitrogen and oxygen atoms in total. The number of nitrogens with one attached hydrogen (secondary N) is 2. The normalized spacial score (nSPS) is 17.6. The Kier molecular flexibility index (Phi) is 3.08. The number of hydrogen-bond acceptors (Lipinski definition) is 3. The van der Waals surface area contributed by atoms with Gasteiger partial charge in [0.1, 0.15) is 5.65 Å². The molecule has 2 aromatic heterocycles. The quantitative estimate of drug-likeness (QED) is 0.755. The van der Waals surface area contributed by atoms with Crippen LogP contribution in [0.15, 0.2) is 41.3 Å². The van der Waals surface area contributed by atoms with Crippen LogP contribution in [0.3, 0.4) is 0 Å². The van der Waals surface area contributed by atoms with Gasteiger partial charge in [-0.2, -0.15) is 5.10 Å². The summed E-state index contributed by atoms with van der Waals surface area (Å²) in [6.07, 6.45) is 3.37. The first-order chi connectivity index (χ1) is 10.7. The second kappa shape index (κ2) is 5.10. The number of aromatic nitrogens is 3. The molecule has 2 N–H and O–H groups in total. The van der Waals surface area contributed by atoms with E-state index in [-0.39, 0.29) is 5.56 Å². The van der Waals surface area contributed by atoms with E-state index in [4.69, 9.17) is 0 Å². The Balaban J connectivity index is 1.83. The number of hydrogen-bond donors (Lipinski definition) is 2. The maximum Gasteiger partial charge on any atom is 0.254 e. The molecule has 1 aliphatic heterocycles. The Morgan fingerprint density at radius 3 is 2.95 bits per heavy atom. The summed E-state index contributed by atoms with van der Waals surface area (Å²) in [5.41, 5.74) is 4.92. The molecule has 4 rings (SSSR count). The summed E-state index contributed by atoms with van der Waals surface area (Å²) in [6, 6.07) is 10.6. The summed E-state index contributed by atoms with van der Waals surface area (Å²) >= 11 is 0. The van der Waals surface area contributed by atoms with Gasteiger partial charge in [-0.1, -0.05) is 30.3 Å². The molecule has 1 atom stereocenters. The SMILES string of the molecule is CC1Cc2c(n3ncc(Cc4ccccc4)c3[nH]c2=O)CN1. The van der Waals surface area contributed by atoms with Gasteiger partial charge in [-0.05, 0) is 18.9 Å². The molecule has 22 heavy (non-hydrogen) atoms. The van der Waals surface area contributed by atoms with Crippen molar-refractivity contribution in [2.24, 2.45) is 0 Å². The predicted molar refractivity (Wildman–Crippen MR) is 85.1 cm³/mol. The van der Waals surface area contributed by atoms with Crippen molar-refractivity contribution in [3.8, 4) is 0 Å². The number of fused-ring (bicyclic) bond motifs is 3. The third-order valence-corrected chi connectivity index (χ3v) is 4.32. The zero-order valence-corrected chi connectivity index (χ0v) is 12.5. The topological polar surface area (TPSA) is 62.2 Å². The Hall–Kier alpha value is -2.40. The van der Waals surface area contributed by atoms with Crippen LogP contribution in [0.2, 0.25) is 0 Å². The average Bonchev–Trinajstić information content (AvgIpc) is 2.91. The Bertz CT molecular complexity index is 879. The first-order valence-corrected chi connectivity index (χ1v) is 7.60. The molecule has 3 aromatic rings. The number of nitrogens with zero attached hydrogens (tertiary/aromatic N) is 2. The first kappa shape index (κ1) is 13.3. The van der Waals surface area contributed by atoms with Crippen molar-refractivity contribution >= 4 is 5.65 Å². The van der Waals surface area contributed by atoms with Crippen LogP contribution in [-0.4, -0.2) is 20.6 Å². The van der Waals surface area contributed by atoms with E-state index in [1.165, 1.54) is 5.56 Å². The third-order valence-electron chi connectivity index (χ3n) is 4.32. The van der Waals surface area contributed by atoms with Gasteiger partial charge in [0.25, 0.3) is 5.56 Å². The molecule has 0 spiro atoms. The summed E-state index contributed by atoms with van der Waals surface area (Å²) in [5.74, 6) is 0. The average molecular weight is 294 g/mol. The zero-order valence-electron chi connectivity index (χ0n) is 12.5. The van der Waals surface area contributed by atoms with Crippen LogP contribution in [0.1, 0.15) is 29.3 Å². The van der Waals surface area contributed by atoms with E-state index in [1.807, 2.05) is 28.9 Å². The lowest BCUT2D eigenvalue weighted by atomic mass is 10.0. The Morgan fingerprint density at radius 2 is 2.14 bits per heavy atom. The van der Waals surface area contributed by atoms with Gasteiger partial charge in [-0.3, -0.25) is 4.79 Å². The fourth-order valence-corrected chi connectivity index (χ4v) is 3.15. The zero-order chi connectivity index (χ0) is 15.1. The van der Waals surface area contributed by atoms with Crippen LogP contribution >= 0.6 is 0 Å². The standard InChI is InChI=1S/C17H18N4O/c1-11-7-14-15(10-18-11)21-16(20-17(14)22)13(9-19-21)8-12-5-3-2-4-6-12/h2-6,9,11,18H,7-8,10H2,1H3,(H,20,22). The van der Waals surface area contributed by atoms with E-state index >= 15 is 0 Å². The molecule has 0 saturated carbocycles. The fourth-order valence-electron chi connectivity index (χ4n) is 3.15. The highest BCUT2D eigenvalue weighted by Crippen LogP contribution is 2.18. The molecule has 5 heteroatoms. The van der Waals surface area contributed by atoms with Gasteiger partial charge < -0.3 is 10.3 Å². The van der Waals surface area contributed by atoms with Gasteiger partial charge in [0.2, 0.25) is 0 Å². The van der Waals surface area contributed by atoms with Crippen LogP contribution in [0, 0.1) is 0 Å². The lowest BCUT2D eigenvalue weighted by Gasteiger charge is -2.22. The highest BCUT2D eigenvalue weighted by molar-refractivity contribution is 5.50. The molecular formula is C17H18N4O. The fraction of sp³-hybridized carbons (Fsp3) is 0.294. The van der Waals surface area contributed by atoms with Gasteiger partial charge in [-0.25, -0.2) is 4.52 Å². The Labute approximate surface area is 128 Å². The first-order valence-electron chi connectivity index (χ1n) is 7.60. The van der Waals surface area contributed by atoms with Crippen molar-refractivity contribution in [3.63, 3.8) is 0 Å². The summed E-state index contributed by atoms with van der Waals surface area (Å²) < 4.78 is 1.88. The highest BCUT2D eigenvalue weighted by Gasteiger charge is 2.22. The lowest BCUT2D eigenvalue weighted by Crippen LogP contribution is -2.38. The number of H-pyrrole nitrogens is 1. The maximum atomic E-state index is 12.4. The largest absolute Gasteiger partial charge is 0.308 e. The van der Waals surface area contributed by atoms with Crippen LogP contribution in [0.5, 0.6) is 0 Å². The molecule has 0 radical (unpaired) electrons. The molecule has 1 aromatic carbocycles. The molecule has 1 unspecified atom stereocenters. The molecule has 3 heterocycles. The molecule has 1 aliphatic rings. The monoisotopic (exact) mass is 294 g/mol. The molecule has 0 bridgehead atoms. The van der Waals surface area contributed by atoms with Gasteiger partial charge >= 0.3 is 0 Å². The minimum absolute atomic E-state index is 0.0191. The maximum absolute atomic E-state index is 12.4. The summed E-state index contributed by atoms with van der Waals surface area (Å²) in [7, 11) is 0. The molecule has 112 valence electrons. The molecule has 0 fully saturated rings. The molecule has 0 amide bonds. The van der Waals surface area contributed by atoms with Crippen LogP contribution in [-0.2, 0) is 19.4 Å². The minimum atomic E-state index is 0.0191. The second-order valence-corrected chi connectivity index (χ2v) is 5.96. The van der Waals surface area contributed by atoms with E-state index in [1.54, 1.807) is 0 Å². The van der Waals surface area contributed by atoms with E-state index < -0.39 is 0 Å². The molecular weight excluding hydrogens is 276 g/mol. The van der Waals surface area contributed by atoms with Gasteiger partial charge in [0.05, 0.1) is 11.9 Å². The van der Waals surface area contributed by atoms with Crippen molar-refractivity contribution in [1.29, 1.82) is 0 Å². The second-order valence-electron chi connectivity index (χ2n) is 5.96. The lowest BCUT2D eigenvalue weighted by molar-refractivity contribution is 0.492. The van der Waals surface area contributed by atoms with Crippen LogP contribution < -0.4 is 10.9 Å². The smallest absolute Gasteiger partial charge is 0.254 e. The van der Waals surface area contributed by atoms with Gasteiger partial charge in [0, 0.05) is 30.1 Å².